The highest BCUT2D eigenvalue weighted by Crippen LogP contribution is 2.27. The number of benzene rings is 2. The molecule has 9 nitrogen and oxygen atoms in total. The van der Waals surface area contributed by atoms with Crippen LogP contribution in [-0.4, -0.2) is 48.9 Å². The van der Waals surface area contributed by atoms with Gasteiger partial charge >= 0.3 is 12.0 Å². The fourth-order valence-electron chi connectivity index (χ4n) is 2.49. The zero-order valence-corrected chi connectivity index (χ0v) is 14.6. The van der Waals surface area contributed by atoms with Gasteiger partial charge in [-0.25, -0.2) is 18.0 Å². The number of carbonyl (C=O) groups is 3. The summed E-state index contributed by atoms with van der Waals surface area (Å²) in [4.78, 5) is 36.0. The number of hydrogen-bond donors (Lipinski definition) is 1. The van der Waals surface area contributed by atoms with Crippen molar-refractivity contribution >= 4 is 33.6 Å². The highest BCUT2D eigenvalue weighted by molar-refractivity contribution is 7.90. The van der Waals surface area contributed by atoms with Crippen LogP contribution in [0.3, 0.4) is 0 Å². The number of carboxylic acids is 1. The molecule has 2 aromatic carbocycles. The van der Waals surface area contributed by atoms with Crippen molar-refractivity contribution < 1.29 is 32.6 Å². The fraction of sp³-hybridized carbons (Fsp3) is 0.118. The average Bonchev–Trinajstić information content (AvgIpc) is 2.96. The Bertz CT molecular complexity index is 988. The topological polar surface area (TPSA) is 121 Å². The van der Waals surface area contributed by atoms with Gasteiger partial charge in [0.05, 0.1) is 4.90 Å². The van der Waals surface area contributed by atoms with Crippen molar-refractivity contribution in [1.82, 2.24) is 4.31 Å². The third-order valence-corrected chi connectivity index (χ3v) is 5.43. The summed E-state index contributed by atoms with van der Waals surface area (Å²) in [6.45, 7) is -0.969. The van der Waals surface area contributed by atoms with Gasteiger partial charge in [-0.2, -0.15) is 0 Å². The quantitative estimate of drug-likeness (QED) is 0.738. The summed E-state index contributed by atoms with van der Waals surface area (Å²) in [7, 11) is -4.41. The van der Waals surface area contributed by atoms with Crippen molar-refractivity contribution in [3.05, 3.63) is 54.6 Å². The lowest BCUT2D eigenvalue weighted by molar-refractivity contribution is -0.139. The van der Waals surface area contributed by atoms with Crippen LogP contribution in [0.4, 0.5) is 10.5 Å². The second-order valence-electron chi connectivity index (χ2n) is 5.52. The molecular formula is C17H14N2O7S. The van der Waals surface area contributed by atoms with E-state index in [9.17, 15) is 22.8 Å². The minimum absolute atomic E-state index is 0.140. The Hall–Kier alpha value is -3.40. The number of carboxylic acid groups (broad SMARTS) is 1. The first-order valence-corrected chi connectivity index (χ1v) is 9.14. The fourth-order valence-corrected chi connectivity index (χ4v) is 3.81. The molecule has 0 atom stereocenters. The van der Waals surface area contributed by atoms with Gasteiger partial charge < -0.3 is 9.84 Å². The molecule has 0 spiro atoms. The van der Waals surface area contributed by atoms with Crippen LogP contribution in [0, 0.1) is 0 Å². The van der Waals surface area contributed by atoms with Gasteiger partial charge in [0.2, 0.25) is 0 Å². The van der Waals surface area contributed by atoms with Crippen LogP contribution in [0.15, 0.2) is 59.5 Å². The second kappa shape index (κ2) is 7.08. The molecule has 1 heterocycles. The van der Waals surface area contributed by atoms with Gasteiger partial charge in [-0.15, -0.1) is 4.31 Å². The number of ether oxygens (including phenoxy) is 1. The molecule has 27 heavy (non-hydrogen) atoms. The molecule has 2 aromatic rings. The van der Waals surface area contributed by atoms with E-state index in [4.69, 9.17) is 9.84 Å². The zero-order chi connectivity index (χ0) is 19.6. The van der Waals surface area contributed by atoms with Gasteiger partial charge in [-0.3, -0.25) is 9.69 Å². The Morgan fingerprint density at radius 2 is 1.67 bits per heavy atom. The van der Waals surface area contributed by atoms with E-state index in [1.165, 1.54) is 12.1 Å². The molecule has 0 unspecified atom stereocenters. The Kier molecular flexibility index (Phi) is 4.82. The molecule has 1 fully saturated rings. The first-order valence-electron chi connectivity index (χ1n) is 7.70. The van der Waals surface area contributed by atoms with Gasteiger partial charge in [-0.1, -0.05) is 18.2 Å². The maximum atomic E-state index is 12.7. The molecule has 1 saturated heterocycles. The van der Waals surface area contributed by atoms with Crippen molar-refractivity contribution in [2.24, 2.45) is 0 Å². The summed E-state index contributed by atoms with van der Waals surface area (Å²) in [5, 5.41) is 8.57. The molecule has 10 heteroatoms. The lowest BCUT2D eigenvalue weighted by atomic mass is 10.3. The van der Waals surface area contributed by atoms with Gasteiger partial charge in [0, 0.05) is 5.69 Å². The summed E-state index contributed by atoms with van der Waals surface area (Å²) in [6.07, 6.45) is 0. The van der Waals surface area contributed by atoms with E-state index < -0.39 is 34.5 Å². The van der Waals surface area contributed by atoms with Crippen LogP contribution in [0.2, 0.25) is 0 Å². The number of hydrogen-bond acceptors (Lipinski definition) is 6. The van der Waals surface area contributed by atoms with E-state index in [-0.39, 0.29) is 21.5 Å². The monoisotopic (exact) mass is 390 g/mol. The number of para-hydroxylation sites is 1. The van der Waals surface area contributed by atoms with E-state index in [0.29, 0.717) is 5.69 Å². The Morgan fingerprint density at radius 1 is 1.04 bits per heavy atom. The number of nitrogens with zero attached hydrogens (tertiary/aromatic N) is 2. The van der Waals surface area contributed by atoms with Crippen LogP contribution in [0.5, 0.6) is 5.75 Å². The van der Waals surface area contributed by atoms with Crippen LogP contribution in [0.1, 0.15) is 0 Å². The maximum absolute atomic E-state index is 12.7. The van der Waals surface area contributed by atoms with Crippen molar-refractivity contribution in [3.63, 3.8) is 0 Å². The number of aliphatic carboxylic acids is 1. The lowest BCUT2D eigenvalue weighted by Gasteiger charge is -2.17. The standard InChI is InChI=1S/C17H14N2O7S/c20-15-10-18(12-4-2-1-3-5-12)17(23)19(15)27(24,25)14-8-6-13(7-9-14)26-11-16(21)22/h1-9H,10-11H2,(H,21,22). The number of carbonyl (C=O) groups excluding carboxylic acids is 2. The van der Waals surface area contributed by atoms with Crippen molar-refractivity contribution in [2.75, 3.05) is 18.1 Å². The highest BCUT2D eigenvalue weighted by atomic mass is 32.2. The van der Waals surface area contributed by atoms with E-state index in [2.05, 4.69) is 0 Å². The van der Waals surface area contributed by atoms with Crippen LogP contribution in [0.25, 0.3) is 0 Å². The van der Waals surface area contributed by atoms with E-state index in [1.54, 1.807) is 30.3 Å². The number of sulfonamides is 1. The van der Waals surface area contributed by atoms with Crippen LogP contribution >= 0.6 is 0 Å². The van der Waals surface area contributed by atoms with Gasteiger partial charge in [0.25, 0.3) is 15.9 Å². The maximum Gasteiger partial charge on any atom is 0.346 e. The van der Waals surface area contributed by atoms with Crippen LogP contribution < -0.4 is 9.64 Å². The lowest BCUT2D eigenvalue weighted by Crippen LogP contribution is -2.38. The molecule has 0 aliphatic carbocycles. The van der Waals surface area contributed by atoms with Crippen molar-refractivity contribution in [2.45, 2.75) is 4.90 Å². The van der Waals surface area contributed by atoms with Crippen molar-refractivity contribution in [1.29, 1.82) is 0 Å². The Morgan fingerprint density at radius 3 is 2.26 bits per heavy atom. The van der Waals surface area contributed by atoms with E-state index >= 15 is 0 Å². The highest BCUT2D eigenvalue weighted by Gasteiger charge is 2.45. The number of imide groups is 1. The first kappa shape index (κ1) is 18.4. The van der Waals surface area contributed by atoms with Crippen LogP contribution in [-0.2, 0) is 19.6 Å². The predicted molar refractivity (Wildman–Crippen MR) is 92.8 cm³/mol. The van der Waals surface area contributed by atoms with E-state index in [1.807, 2.05) is 0 Å². The molecule has 0 saturated carbocycles. The summed E-state index contributed by atoms with van der Waals surface area (Å²) >= 11 is 0. The number of rotatable bonds is 6. The smallest absolute Gasteiger partial charge is 0.346 e. The SMILES string of the molecule is O=C(O)COc1ccc(S(=O)(=O)N2C(=O)CN(c3ccccc3)C2=O)cc1. The summed E-state index contributed by atoms with van der Waals surface area (Å²) < 4.78 is 30.6. The molecule has 3 amide bonds. The molecule has 3 rings (SSSR count). The molecule has 0 aromatic heterocycles. The normalized spacial score (nSPS) is 14.5. The predicted octanol–water partition coefficient (Wildman–Crippen LogP) is 1.31. The Labute approximate surface area is 154 Å². The third kappa shape index (κ3) is 3.60. The average molecular weight is 390 g/mol. The molecule has 0 radical (unpaired) electrons. The number of urea groups is 1. The minimum Gasteiger partial charge on any atom is -0.482 e. The molecule has 1 N–H and O–H groups in total. The zero-order valence-electron chi connectivity index (χ0n) is 13.8. The minimum atomic E-state index is -4.41. The van der Waals surface area contributed by atoms with Crippen molar-refractivity contribution in [3.8, 4) is 5.75 Å². The Balaban J connectivity index is 1.85. The van der Waals surface area contributed by atoms with Gasteiger partial charge in [0.1, 0.15) is 12.3 Å². The largest absolute Gasteiger partial charge is 0.482 e. The first-order chi connectivity index (χ1) is 12.8. The number of anilines is 1. The second-order valence-corrected chi connectivity index (χ2v) is 7.31. The van der Waals surface area contributed by atoms with E-state index in [0.717, 1.165) is 17.0 Å². The van der Waals surface area contributed by atoms with Gasteiger partial charge in [-0.05, 0) is 36.4 Å². The molecule has 1 aliphatic heterocycles. The number of amides is 3. The third-order valence-electron chi connectivity index (χ3n) is 3.72. The molecule has 0 bridgehead atoms. The van der Waals surface area contributed by atoms with Gasteiger partial charge in [0.15, 0.2) is 6.61 Å². The molecular weight excluding hydrogens is 376 g/mol. The molecule has 140 valence electrons. The summed E-state index contributed by atoms with van der Waals surface area (Å²) in [5.41, 5.74) is 0.408. The summed E-state index contributed by atoms with van der Waals surface area (Å²) in [6, 6.07) is 12.1. The summed E-state index contributed by atoms with van der Waals surface area (Å²) in [5.74, 6) is -1.91. The molecule has 1 aliphatic rings.